The van der Waals surface area contributed by atoms with Gasteiger partial charge in [-0.25, -0.2) is 0 Å². The molecule has 15 heavy (non-hydrogen) atoms. The average molecular weight is 309 g/mol. The van der Waals surface area contributed by atoms with Gasteiger partial charge < -0.3 is 5.32 Å². The molecule has 0 radical (unpaired) electrons. The molecule has 2 aromatic carbocycles. The topological polar surface area (TPSA) is 12.0 Å². The molecule has 2 rings (SSSR count). The SMILES string of the molecule is Cc1cccc(Nc2ccccc2)c1I. The Morgan fingerprint density at radius 3 is 2.40 bits per heavy atom. The predicted molar refractivity (Wildman–Crippen MR) is 73.6 cm³/mol. The summed E-state index contributed by atoms with van der Waals surface area (Å²) >= 11 is 2.37. The van der Waals surface area contributed by atoms with Crippen molar-refractivity contribution in [2.45, 2.75) is 6.92 Å². The van der Waals surface area contributed by atoms with Gasteiger partial charge in [-0.2, -0.15) is 0 Å². The van der Waals surface area contributed by atoms with E-state index in [4.69, 9.17) is 0 Å². The number of nitrogens with one attached hydrogen (secondary N) is 1. The van der Waals surface area contributed by atoms with Crippen LogP contribution in [0.5, 0.6) is 0 Å². The van der Waals surface area contributed by atoms with Crippen LogP contribution in [-0.2, 0) is 0 Å². The minimum absolute atomic E-state index is 1.13. The van der Waals surface area contributed by atoms with Crippen LogP contribution in [-0.4, -0.2) is 0 Å². The Kier molecular flexibility index (Phi) is 3.26. The van der Waals surface area contributed by atoms with E-state index in [0.29, 0.717) is 0 Å². The van der Waals surface area contributed by atoms with Crippen molar-refractivity contribution in [2.75, 3.05) is 5.32 Å². The maximum atomic E-state index is 3.41. The number of rotatable bonds is 2. The molecule has 0 fully saturated rings. The molecule has 2 aromatic rings. The molecule has 1 N–H and O–H groups in total. The van der Waals surface area contributed by atoms with Crippen molar-refractivity contribution in [1.29, 1.82) is 0 Å². The maximum Gasteiger partial charge on any atom is 0.0522 e. The summed E-state index contributed by atoms with van der Waals surface area (Å²) in [4.78, 5) is 0. The summed E-state index contributed by atoms with van der Waals surface area (Å²) in [5.74, 6) is 0. The van der Waals surface area contributed by atoms with E-state index in [1.807, 2.05) is 18.2 Å². The standard InChI is InChI=1S/C13H12IN/c1-10-6-5-9-12(13(10)14)15-11-7-3-2-4-8-11/h2-9,15H,1H3. The fourth-order valence-electron chi connectivity index (χ4n) is 1.42. The first kappa shape index (κ1) is 10.5. The summed E-state index contributed by atoms with van der Waals surface area (Å²) in [5.41, 5.74) is 3.60. The number of halogens is 1. The van der Waals surface area contributed by atoms with Gasteiger partial charge in [0.1, 0.15) is 0 Å². The van der Waals surface area contributed by atoms with Gasteiger partial charge in [0.2, 0.25) is 0 Å². The van der Waals surface area contributed by atoms with Crippen molar-refractivity contribution >= 4 is 34.0 Å². The lowest BCUT2D eigenvalue weighted by Crippen LogP contribution is -1.93. The van der Waals surface area contributed by atoms with Crippen molar-refractivity contribution in [3.8, 4) is 0 Å². The van der Waals surface area contributed by atoms with Crippen molar-refractivity contribution in [1.82, 2.24) is 0 Å². The summed E-state index contributed by atoms with van der Waals surface area (Å²) < 4.78 is 1.28. The molecule has 0 unspecified atom stereocenters. The first-order valence-electron chi connectivity index (χ1n) is 4.84. The zero-order chi connectivity index (χ0) is 10.7. The van der Waals surface area contributed by atoms with E-state index in [1.54, 1.807) is 0 Å². The zero-order valence-corrected chi connectivity index (χ0v) is 10.7. The fourth-order valence-corrected chi connectivity index (χ4v) is 1.92. The number of hydrogen-bond donors (Lipinski definition) is 1. The quantitative estimate of drug-likeness (QED) is 0.814. The number of anilines is 2. The van der Waals surface area contributed by atoms with Crippen LogP contribution < -0.4 is 5.32 Å². The summed E-state index contributed by atoms with van der Waals surface area (Å²) in [7, 11) is 0. The van der Waals surface area contributed by atoms with Gasteiger partial charge in [-0.15, -0.1) is 0 Å². The Hall–Kier alpha value is -1.03. The lowest BCUT2D eigenvalue weighted by Gasteiger charge is -2.09. The van der Waals surface area contributed by atoms with Crippen molar-refractivity contribution < 1.29 is 0 Å². The van der Waals surface area contributed by atoms with Gasteiger partial charge in [-0.1, -0.05) is 30.3 Å². The van der Waals surface area contributed by atoms with Gasteiger partial charge >= 0.3 is 0 Å². The van der Waals surface area contributed by atoms with Gasteiger partial charge in [0, 0.05) is 9.26 Å². The molecule has 2 heteroatoms. The number of para-hydroxylation sites is 1. The Morgan fingerprint density at radius 1 is 0.933 bits per heavy atom. The summed E-state index contributed by atoms with van der Waals surface area (Å²) in [6, 6.07) is 16.5. The third kappa shape index (κ3) is 2.50. The summed E-state index contributed by atoms with van der Waals surface area (Å²) in [6.07, 6.45) is 0. The molecule has 0 saturated heterocycles. The van der Waals surface area contributed by atoms with E-state index in [1.165, 1.54) is 14.8 Å². The van der Waals surface area contributed by atoms with Crippen LogP contribution in [0.2, 0.25) is 0 Å². The van der Waals surface area contributed by atoms with Gasteiger partial charge in [-0.05, 0) is 53.3 Å². The predicted octanol–water partition coefficient (Wildman–Crippen LogP) is 4.34. The second-order valence-electron chi connectivity index (χ2n) is 3.43. The van der Waals surface area contributed by atoms with Gasteiger partial charge in [0.25, 0.3) is 0 Å². The van der Waals surface area contributed by atoms with E-state index in [0.717, 1.165) is 5.69 Å². The van der Waals surface area contributed by atoms with Crippen LogP contribution in [0.25, 0.3) is 0 Å². The highest BCUT2D eigenvalue weighted by molar-refractivity contribution is 14.1. The molecular formula is C13H12IN. The Labute approximate surface area is 104 Å². The zero-order valence-electron chi connectivity index (χ0n) is 8.50. The molecule has 0 heterocycles. The van der Waals surface area contributed by atoms with Crippen LogP contribution in [0.1, 0.15) is 5.56 Å². The normalized spacial score (nSPS) is 10.0. The smallest absolute Gasteiger partial charge is 0.0522 e. The molecule has 1 nitrogen and oxygen atoms in total. The van der Waals surface area contributed by atoms with E-state index < -0.39 is 0 Å². The second kappa shape index (κ2) is 4.66. The van der Waals surface area contributed by atoms with E-state index >= 15 is 0 Å². The molecule has 0 aliphatic rings. The van der Waals surface area contributed by atoms with E-state index in [9.17, 15) is 0 Å². The number of hydrogen-bond acceptors (Lipinski definition) is 1. The Bertz CT molecular complexity index is 451. The molecule has 0 bridgehead atoms. The summed E-state index contributed by atoms with van der Waals surface area (Å²) in [5, 5.41) is 3.41. The van der Waals surface area contributed by atoms with Crippen molar-refractivity contribution in [3.63, 3.8) is 0 Å². The molecule has 0 amide bonds. The minimum Gasteiger partial charge on any atom is -0.355 e. The first-order chi connectivity index (χ1) is 7.27. The minimum atomic E-state index is 1.13. The fraction of sp³-hybridized carbons (Fsp3) is 0.0769. The third-order valence-electron chi connectivity index (χ3n) is 2.24. The lowest BCUT2D eigenvalue weighted by atomic mass is 10.2. The van der Waals surface area contributed by atoms with Crippen molar-refractivity contribution in [2.24, 2.45) is 0 Å². The third-order valence-corrected chi connectivity index (χ3v) is 3.68. The molecule has 0 aliphatic heterocycles. The maximum absolute atomic E-state index is 3.41. The van der Waals surface area contributed by atoms with Crippen molar-refractivity contribution in [3.05, 3.63) is 57.7 Å². The molecule has 0 aromatic heterocycles. The molecule has 0 saturated carbocycles. The largest absolute Gasteiger partial charge is 0.355 e. The molecular weight excluding hydrogens is 297 g/mol. The molecule has 76 valence electrons. The van der Waals surface area contributed by atoms with Gasteiger partial charge in [0.05, 0.1) is 5.69 Å². The van der Waals surface area contributed by atoms with Gasteiger partial charge in [0.15, 0.2) is 0 Å². The highest BCUT2D eigenvalue weighted by atomic mass is 127. The monoisotopic (exact) mass is 309 g/mol. The second-order valence-corrected chi connectivity index (χ2v) is 4.51. The molecule has 0 spiro atoms. The average Bonchev–Trinajstić information content (AvgIpc) is 2.26. The van der Waals surface area contributed by atoms with E-state index in [-0.39, 0.29) is 0 Å². The van der Waals surface area contributed by atoms with Crippen LogP contribution in [0, 0.1) is 10.5 Å². The highest BCUT2D eigenvalue weighted by Crippen LogP contribution is 2.24. The Balaban J connectivity index is 2.29. The summed E-state index contributed by atoms with van der Waals surface area (Å²) in [6.45, 7) is 2.12. The van der Waals surface area contributed by atoms with Gasteiger partial charge in [-0.3, -0.25) is 0 Å². The lowest BCUT2D eigenvalue weighted by molar-refractivity contribution is 1.41. The molecule has 0 atom stereocenters. The van der Waals surface area contributed by atoms with E-state index in [2.05, 4.69) is 65.2 Å². The highest BCUT2D eigenvalue weighted by Gasteiger charge is 2.01. The number of benzene rings is 2. The van der Waals surface area contributed by atoms with Crippen LogP contribution in [0.3, 0.4) is 0 Å². The molecule has 0 aliphatic carbocycles. The van der Waals surface area contributed by atoms with Crippen LogP contribution in [0.15, 0.2) is 48.5 Å². The Morgan fingerprint density at radius 2 is 1.67 bits per heavy atom. The first-order valence-corrected chi connectivity index (χ1v) is 5.92. The number of aryl methyl sites for hydroxylation is 1. The van der Waals surface area contributed by atoms with Crippen LogP contribution in [0.4, 0.5) is 11.4 Å². The van der Waals surface area contributed by atoms with Crippen LogP contribution >= 0.6 is 22.6 Å².